The summed E-state index contributed by atoms with van der Waals surface area (Å²) in [5.74, 6) is -0.109. The molecule has 1 fully saturated rings. The summed E-state index contributed by atoms with van der Waals surface area (Å²) in [6, 6.07) is 9.86. The van der Waals surface area contributed by atoms with E-state index in [0.29, 0.717) is 5.56 Å². The van der Waals surface area contributed by atoms with Gasteiger partial charge < -0.3 is 15.1 Å². The molecule has 1 N–H and O–H groups in total. The van der Waals surface area contributed by atoms with Crippen LogP contribution in [0.3, 0.4) is 0 Å². The standard InChI is InChI=1S/C20H26N4O/c1-3-16-7-5-6-8-19(16)22-20(25)17-13-18(15-21-14-17)24-11-9-23(4-2)10-12-24/h5-8,13-15H,3-4,9-12H2,1-2H3,(H,22,25). The van der Waals surface area contributed by atoms with Crippen LogP contribution in [0.2, 0.25) is 0 Å². The fourth-order valence-corrected chi connectivity index (χ4v) is 3.19. The van der Waals surface area contributed by atoms with Gasteiger partial charge in [-0.2, -0.15) is 0 Å². The van der Waals surface area contributed by atoms with Gasteiger partial charge in [0, 0.05) is 38.1 Å². The van der Waals surface area contributed by atoms with E-state index in [1.807, 2.05) is 36.5 Å². The van der Waals surface area contributed by atoms with E-state index in [1.54, 1.807) is 6.20 Å². The number of aryl methyl sites for hydroxylation is 1. The van der Waals surface area contributed by atoms with Gasteiger partial charge in [0.25, 0.3) is 5.91 Å². The van der Waals surface area contributed by atoms with Gasteiger partial charge in [-0.1, -0.05) is 32.0 Å². The molecular weight excluding hydrogens is 312 g/mol. The molecule has 5 heteroatoms. The van der Waals surface area contributed by atoms with E-state index in [4.69, 9.17) is 0 Å². The average Bonchev–Trinajstić information content (AvgIpc) is 2.68. The maximum absolute atomic E-state index is 12.6. The van der Waals surface area contributed by atoms with Crippen molar-refractivity contribution in [3.8, 4) is 0 Å². The second-order valence-corrected chi connectivity index (χ2v) is 6.32. The zero-order valence-electron chi connectivity index (χ0n) is 15.0. The average molecular weight is 338 g/mol. The Labute approximate surface area is 149 Å². The van der Waals surface area contributed by atoms with Crippen molar-refractivity contribution in [3.05, 3.63) is 53.9 Å². The van der Waals surface area contributed by atoms with Gasteiger partial charge in [-0.15, -0.1) is 0 Å². The van der Waals surface area contributed by atoms with Gasteiger partial charge in [0.05, 0.1) is 17.4 Å². The summed E-state index contributed by atoms with van der Waals surface area (Å²) in [5, 5.41) is 3.02. The number of para-hydroxylation sites is 1. The van der Waals surface area contributed by atoms with Crippen molar-refractivity contribution < 1.29 is 4.79 Å². The van der Waals surface area contributed by atoms with E-state index in [2.05, 4.69) is 33.9 Å². The number of nitrogens with zero attached hydrogens (tertiary/aromatic N) is 3. The summed E-state index contributed by atoms with van der Waals surface area (Å²) in [4.78, 5) is 21.7. The third-order valence-corrected chi connectivity index (χ3v) is 4.82. The number of hydrogen-bond donors (Lipinski definition) is 1. The molecular formula is C20H26N4O. The molecule has 132 valence electrons. The van der Waals surface area contributed by atoms with E-state index in [0.717, 1.165) is 56.1 Å². The van der Waals surface area contributed by atoms with Crippen molar-refractivity contribution >= 4 is 17.3 Å². The number of amides is 1. The van der Waals surface area contributed by atoms with Gasteiger partial charge in [-0.25, -0.2) is 0 Å². The predicted octanol–water partition coefficient (Wildman–Crippen LogP) is 3.04. The first kappa shape index (κ1) is 17.4. The molecule has 1 aliphatic heterocycles. The van der Waals surface area contributed by atoms with Gasteiger partial charge in [0.2, 0.25) is 0 Å². The summed E-state index contributed by atoms with van der Waals surface area (Å²) in [5.41, 5.74) is 3.63. The van der Waals surface area contributed by atoms with Gasteiger partial charge >= 0.3 is 0 Å². The lowest BCUT2D eigenvalue weighted by atomic mass is 10.1. The molecule has 2 aromatic rings. The zero-order valence-corrected chi connectivity index (χ0v) is 15.0. The maximum atomic E-state index is 12.6. The van der Waals surface area contributed by atoms with Crippen LogP contribution in [-0.4, -0.2) is 48.5 Å². The Balaban J connectivity index is 1.72. The number of likely N-dealkylation sites (N-methyl/N-ethyl adjacent to an activating group) is 1. The third kappa shape index (κ3) is 4.17. The minimum absolute atomic E-state index is 0.109. The largest absolute Gasteiger partial charge is 0.368 e. The second-order valence-electron chi connectivity index (χ2n) is 6.32. The van der Waals surface area contributed by atoms with Crippen LogP contribution in [-0.2, 0) is 6.42 Å². The summed E-state index contributed by atoms with van der Waals surface area (Å²) >= 11 is 0. The SMILES string of the molecule is CCc1ccccc1NC(=O)c1cncc(N2CCN(CC)CC2)c1. The van der Waals surface area contributed by atoms with Crippen LogP contribution in [0.25, 0.3) is 0 Å². The number of carbonyl (C=O) groups is 1. The lowest BCUT2D eigenvalue weighted by Crippen LogP contribution is -2.46. The summed E-state index contributed by atoms with van der Waals surface area (Å²) in [6.45, 7) is 9.41. The minimum atomic E-state index is -0.109. The summed E-state index contributed by atoms with van der Waals surface area (Å²) < 4.78 is 0. The Bertz CT molecular complexity index is 723. The Kier molecular flexibility index (Phi) is 5.66. The number of hydrogen-bond acceptors (Lipinski definition) is 4. The number of aromatic nitrogens is 1. The Morgan fingerprint density at radius 2 is 1.88 bits per heavy atom. The van der Waals surface area contributed by atoms with Crippen molar-refractivity contribution in [1.29, 1.82) is 0 Å². The first-order valence-corrected chi connectivity index (χ1v) is 9.03. The molecule has 0 aliphatic carbocycles. The van der Waals surface area contributed by atoms with Crippen LogP contribution < -0.4 is 10.2 Å². The first-order valence-electron chi connectivity index (χ1n) is 9.03. The first-order chi connectivity index (χ1) is 12.2. The molecule has 3 rings (SSSR count). The van der Waals surface area contributed by atoms with Crippen LogP contribution in [0, 0.1) is 0 Å². The van der Waals surface area contributed by atoms with Crippen molar-refractivity contribution in [2.45, 2.75) is 20.3 Å². The highest BCUT2D eigenvalue weighted by molar-refractivity contribution is 6.05. The molecule has 5 nitrogen and oxygen atoms in total. The Morgan fingerprint density at radius 3 is 2.60 bits per heavy atom. The molecule has 0 atom stereocenters. The molecule has 1 aromatic carbocycles. The van der Waals surface area contributed by atoms with Crippen LogP contribution in [0.1, 0.15) is 29.8 Å². The molecule has 0 unspecified atom stereocenters. The quantitative estimate of drug-likeness (QED) is 0.910. The molecule has 0 saturated carbocycles. The predicted molar refractivity (Wildman–Crippen MR) is 102 cm³/mol. The van der Waals surface area contributed by atoms with Crippen molar-refractivity contribution in [2.24, 2.45) is 0 Å². The molecule has 1 amide bonds. The van der Waals surface area contributed by atoms with Crippen LogP contribution >= 0.6 is 0 Å². The topological polar surface area (TPSA) is 48.5 Å². The van der Waals surface area contributed by atoms with Gasteiger partial charge in [0.1, 0.15) is 0 Å². The van der Waals surface area contributed by atoms with Gasteiger partial charge in [-0.3, -0.25) is 9.78 Å². The minimum Gasteiger partial charge on any atom is -0.368 e. The molecule has 1 aliphatic rings. The zero-order chi connectivity index (χ0) is 17.6. The number of piperazine rings is 1. The number of rotatable bonds is 5. The Morgan fingerprint density at radius 1 is 1.12 bits per heavy atom. The third-order valence-electron chi connectivity index (χ3n) is 4.82. The molecule has 0 radical (unpaired) electrons. The van der Waals surface area contributed by atoms with E-state index in [9.17, 15) is 4.79 Å². The van der Waals surface area contributed by atoms with Crippen molar-refractivity contribution in [1.82, 2.24) is 9.88 Å². The lowest BCUT2D eigenvalue weighted by molar-refractivity contribution is 0.102. The molecule has 0 bridgehead atoms. The highest BCUT2D eigenvalue weighted by Gasteiger charge is 2.17. The van der Waals surface area contributed by atoms with Crippen LogP contribution in [0.15, 0.2) is 42.7 Å². The normalized spacial score (nSPS) is 15.2. The van der Waals surface area contributed by atoms with Crippen molar-refractivity contribution in [3.63, 3.8) is 0 Å². The van der Waals surface area contributed by atoms with Crippen molar-refractivity contribution in [2.75, 3.05) is 42.9 Å². The van der Waals surface area contributed by atoms with E-state index in [-0.39, 0.29) is 5.91 Å². The number of benzene rings is 1. The fourth-order valence-electron chi connectivity index (χ4n) is 3.19. The Hall–Kier alpha value is -2.40. The highest BCUT2D eigenvalue weighted by atomic mass is 16.1. The lowest BCUT2D eigenvalue weighted by Gasteiger charge is -2.35. The molecule has 1 saturated heterocycles. The number of carbonyl (C=O) groups excluding carboxylic acids is 1. The van der Waals surface area contributed by atoms with Crippen LogP contribution in [0.4, 0.5) is 11.4 Å². The highest BCUT2D eigenvalue weighted by Crippen LogP contribution is 2.20. The second kappa shape index (κ2) is 8.12. The van der Waals surface area contributed by atoms with E-state index in [1.165, 1.54) is 0 Å². The van der Waals surface area contributed by atoms with E-state index >= 15 is 0 Å². The fraction of sp³-hybridized carbons (Fsp3) is 0.400. The molecule has 0 spiro atoms. The van der Waals surface area contributed by atoms with Crippen LogP contribution in [0.5, 0.6) is 0 Å². The molecule has 25 heavy (non-hydrogen) atoms. The number of anilines is 2. The maximum Gasteiger partial charge on any atom is 0.257 e. The number of nitrogens with one attached hydrogen (secondary N) is 1. The summed E-state index contributed by atoms with van der Waals surface area (Å²) in [6.07, 6.45) is 4.37. The monoisotopic (exact) mass is 338 g/mol. The smallest absolute Gasteiger partial charge is 0.257 e. The number of pyridine rings is 1. The van der Waals surface area contributed by atoms with E-state index < -0.39 is 0 Å². The summed E-state index contributed by atoms with van der Waals surface area (Å²) in [7, 11) is 0. The van der Waals surface area contributed by atoms with Gasteiger partial charge in [-0.05, 0) is 30.7 Å². The molecule has 2 heterocycles. The van der Waals surface area contributed by atoms with Gasteiger partial charge in [0.15, 0.2) is 0 Å². The molecule has 1 aromatic heterocycles.